The van der Waals surface area contributed by atoms with Crippen molar-refractivity contribution in [2.75, 3.05) is 0 Å². The molecule has 0 fully saturated rings. The lowest BCUT2D eigenvalue weighted by molar-refractivity contribution is 0.116. The summed E-state index contributed by atoms with van der Waals surface area (Å²) >= 11 is -1.94. The summed E-state index contributed by atoms with van der Waals surface area (Å²) in [5.41, 5.74) is -1.87. The summed E-state index contributed by atoms with van der Waals surface area (Å²) in [6.45, 7) is 6.43. The highest BCUT2D eigenvalue weighted by molar-refractivity contribution is 7.75. The molecule has 78 valence electrons. The summed E-state index contributed by atoms with van der Waals surface area (Å²) in [4.78, 5) is 0. The Hall–Kier alpha value is -0.810. The fourth-order valence-electron chi connectivity index (χ4n) is 0.405. The van der Waals surface area contributed by atoms with E-state index in [1.807, 2.05) is 0 Å². The van der Waals surface area contributed by atoms with E-state index in [1.54, 1.807) is 27.7 Å². The molecule has 0 heterocycles. The maximum absolute atomic E-state index is 11.3. The second kappa shape index (κ2) is 4.61. The molecule has 4 heteroatoms. The largest absolute Gasteiger partial charge is 0.307 e. The van der Waals surface area contributed by atoms with Gasteiger partial charge in [0.25, 0.3) is 0 Å². The predicted octanol–water partition coefficient (Wildman–Crippen LogP) is 1.42. The lowest BCUT2D eigenvalue weighted by atomic mass is 10.2. The van der Waals surface area contributed by atoms with Crippen molar-refractivity contribution in [3.05, 3.63) is 0 Å². The molecule has 0 rings (SSSR count). The van der Waals surface area contributed by atoms with Gasteiger partial charge >= 0.3 is 11.4 Å². The van der Waals surface area contributed by atoms with Crippen LogP contribution in [0, 0.1) is 24.7 Å². The minimum Gasteiger partial charge on any atom is -0.249 e. The van der Waals surface area contributed by atoms with Gasteiger partial charge in [0, 0.05) is 0 Å². The Morgan fingerprint density at radius 3 is 1.50 bits per heavy atom. The van der Waals surface area contributed by atoms with Crippen molar-refractivity contribution < 1.29 is 12.6 Å². The molecule has 0 saturated heterocycles. The molecule has 0 aromatic heterocycles. The van der Waals surface area contributed by atoms with E-state index in [4.69, 9.17) is 21.2 Å². The van der Waals surface area contributed by atoms with Crippen LogP contribution in [0.3, 0.4) is 0 Å². The van der Waals surface area contributed by atoms with Crippen LogP contribution in [0.2, 0.25) is 0 Å². The van der Waals surface area contributed by atoms with E-state index < -0.39 is 22.6 Å². The predicted molar refractivity (Wildman–Crippen MR) is 56.1 cm³/mol. The smallest absolute Gasteiger partial charge is 0.249 e. The van der Waals surface area contributed by atoms with E-state index in [-0.39, 0.29) is 0 Å². The SMILES string of the molecule is C#CC(C)(C)OS(=O)OC(C)(C)C#C. The Labute approximate surface area is 88.0 Å². The summed E-state index contributed by atoms with van der Waals surface area (Å²) in [6.07, 6.45) is 10.3. The Kier molecular flexibility index (Phi) is 4.35. The van der Waals surface area contributed by atoms with E-state index in [9.17, 15) is 4.21 Å². The van der Waals surface area contributed by atoms with E-state index in [1.165, 1.54) is 0 Å². The molecular formula is C10H14O3S. The van der Waals surface area contributed by atoms with Gasteiger partial charge in [-0.05, 0) is 27.7 Å². The fourth-order valence-corrected chi connectivity index (χ4v) is 1.22. The van der Waals surface area contributed by atoms with Crippen molar-refractivity contribution >= 4 is 11.4 Å². The highest BCUT2D eigenvalue weighted by Gasteiger charge is 2.25. The third-order valence-corrected chi connectivity index (χ3v) is 2.35. The van der Waals surface area contributed by atoms with Crippen molar-refractivity contribution in [2.45, 2.75) is 38.9 Å². The molecule has 0 aliphatic carbocycles. The van der Waals surface area contributed by atoms with Gasteiger partial charge in [-0.1, -0.05) is 11.8 Å². The van der Waals surface area contributed by atoms with Crippen LogP contribution in [0.15, 0.2) is 0 Å². The molecule has 3 nitrogen and oxygen atoms in total. The highest BCUT2D eigenvalue weighted by Crippen LogP contribution is 2.15. The minimum absolute atomic E-state index is 0.935. The summed E-state index contributed by atoms with van der Waals surface area (Å²) in [5, 5.41) is 0. The van der Waals surface area contributed by atoms with E-state index in [0.29, 0.717) is 0 Å². The molecule has 0 aromatic rings. The topological polar surface area (TPSA) is 35.5 Å². The van der Waals surface area contributed by atoms with Crippen LogP contribution in [-0.4, -0.2) is 15.4 Å². The molecule has 0 spiro atoms. The standard InChI is InChI=1S/C10H14O3S/c1-7-9(3,4)12-14(11)13-10(5,6)8-2/h1-2H,3-6H3. The molecule has 0 saturated carbocycles. The number of terminal acetylenes is 2. The molecule has 0 aliphatic rings. The summed E-state index contributed by atoms with van der Waals surface area (Å²) in [6, 6.07) is 0. The van der Waals surface area contributed by atoms with Crippen molar-refractivity contribution in [3.63, 3.8) is 0 Å². The quantitative estimate of drug-likeness (QED) is 0.664. The molecule has 0 aromatic carbocycles. The molecule has 0 N–H and O–H groups in total. The molecule has 0 unspecified atom stereocenters. The first-order valence-corrected chi connectivity index (χ1v) is 4.99. The normalized spacial score (nSPS) is 12.2. The molecule has 14 heavy (non-hydrogen) atoms. The van der Waals surface area contributed by atoms with Gasteiger partial charge in [-0.3, -0.25) is 0 Å². The first kappa shape index (κ1) is 13.2. The van der Waals surface area contributed by atoms with Gasteiger partial charge in [0.1, 0.15) is 11.2 Å². The Bertz CT molecular complexity index is 274. The maximum atomic E-state index is 11.3. The van der Waals surface area contributed by atoms with Crippen LogP contribution in [0.4, 0.5) is 0 Å². The average molecular weight is 214 g/mol. The summed E-state index contributed by atoms with van der Waals surface area (Å²) in [5.74, 6) is 4.66. The van der Waals surface area contributed by atoms with Crippen molar-refractivity contribution in [3.8, 4) is 24.7 Å². The van der Waals surface area contributed by atoms with E-state index in [0.717, 1.165) is 0 Å². The van der Waals surface area contributed by atoms with Crippen LogP contribution < -0.4 is 0 Å². The zero-order chi connectivity index (χ0) is 11.4. The molecular weight excluding hydrogens is 200 g/mol. The van der Waals surface area contributed by atoms with Crippen LogP contribution in [-0.2, 0) is 19.7 Å². The van der Waals surface area contributed by atoms with Crippen molar-refractivity contribution in [2.24, 2.45) is 0 Å². The number of rotatable bonds is 4. The van der Waals surface area contributed by atoms with Crippen LogP contribution in [0.5, 0.6) is 0 Å². The first-order chi connectivity index (χ1) is 6.22. The third kappa shape index (κ3) is 5.04. The van der Waals surface area contributed by atoms with Crippen LogP contribution >= 0.6 is 0 Å². The Morgan fingerprint density at radius 1 is 1.00 bits per heavy atom. The third-order valence-electron chi connectivity index (χ3n) is 1.25. The Balaban J connectivity index is 4.30. The highest BCUT2D eigenvalue weighted by atomic mass is 32.2. The van der Waals surface area contributed by atoms with Crippen LogP contribution in [0.1, 0.15) is 27.7 Å². The zero-order valence-electron chi connectivity index (χ0n) is 8.79. The zero-order valence-corrected chi connectivity index (χ0v) is 9.60. The first-order valence-electron chi connectivity index (χ1n) is 3.99. The van der Waals surface area contributed by atoms with Gasteiger partial charge in [0.15, 0.2) is 0 Å². The number of hydrogen-bond acceptors (Lipinski definition) is 3. The Morgan fingerprint density at radius 2 is 1.29 bits per heavy atom. The molecule has 0 radical (unpaired) electrons. The molecule has 0 aliphatic heterocycles. The van der Waals surface area contributed by atoms with Gasteiger partial charge in [0.2, 0.25) is 0 Å². The van der Waals surface area contributed by atoms with Gasteiger partial charge in [-0.15, -0.1) is 12.8 Å². The monoisotopic (exact) mass is 214 g/mol. The summed E-state index contributed by atoms with van der Waals surface area (Å²) < 4.78 is 21.2. The molecule has 0 amide bonds. The van der Waals surface area contributed by atoms with Crippen molar-refractivity contribution in [1.29, 1.82) is 0 Å². The van der Waals surface area contributed by atoms with Gasteiger partial charge in [-0.25, -0.2) is 8.37 Å². The average Bonchev–Trinajstić information content (AvgIpc) is 2.02. The second-order valence-electron chi connectivity index (χ2n) is 3.68. The number of hydrogen-bond donors (Lipinski definition) is 0. The lowest BCUT2D eigenvalue weighted by Gasteiger charge is -2.21. The van der Waals surface area contributed by atoms with E-state index >= 15 is 0 Å². The minimum atomic E-state index is -1.94. The van der Waals surface area contributed by atoms with Gasteiger partial charge in [0.05, 0.1) is 0 Å². The maximum Gasteiger partial charge on any atom is 0.307 e. The van der Waals surface area contributed by atoms with Gasteiger partial charge in [-0.2, -0.15) is 4.21 Å². The lowest BCUT2D eigenvalue weighted by Crippen LogP contribution is -2.29. The second-order valence-corrected chi connectivity index (χ2v) is 4.42. The fraction of sp³-hybridized carbons (Fsp3) is 0.600. The summed E-state index contributed by atoms with van der Waals surface area (Å²) in [7, 11) is 0. The molecule has 0 bridgehead atoms. The van der Waals surface area contributed by atoms with E-state index in [2.05, 4.69) is 11.8 Å². The van der Waals surface area contributed by atoms with Gasteiger partial charge < -0.3 is 0 Å². The molecule has 0 atom stereocenters. The van der Waals surface area contributed by atoms with Crippen molar-refractivity contribution in [1.82, 2.24) is 0 Å². The van der Waals surface area contributed by atoms with Crippen LogP contribution in [0.25, 0.3) is 0 Å².